The second-order valence-corrected chi connectivity index (χ2v) is 4.63. The third kappa shape index (κ3) is 1.90. The molecule has 19 heavy (non-hydrogen) atoms. The summed E-state index contributed by atoms with van der Waals surface area (Å²) in [6.07, 6.45) is 0. The minimum atomic E-state index is -0.185. The number of fused-ring (bicyclic) bond motifs is 1. The summed E-state index contributed by atoms with van der Waals surface area (Å²) < 4.78 is 2.10. The van der Waals surface area contributed by atoms with E-state index in [4.69, 9.17) is 0 Å². The lowest BCUT2D eigenvalue weighted by atomic mass is 10.1. The molecule has 2 nitrogen and oxygen atoms in total. The van der Waals surface area contributed by atoms with Gasteiger partial charge in [0, 0.05) is 10.9 Å². The number of hydrogen-bond acceptors (Lipinski definition) is 1. The average Bonchev–Trinajstić information content (AvgIpc) is 2.87. The van der Waals surface area contributed by atoms with Crippen molar-refractivity contribution in [2.24, 2.45) is 0 Å². The summed E-state index contributed by atoms with van der Waals surface area (Å²) in [6.45, 7) is 1.93. The summed E-state index contributed by atoms with van der Waals surface area (Å²) in [5.41, 5.74) is 3.34. The van der Waals surface area contributed by atoms with Crippen molar-refractivity contribution < 1.29 is 0 Å². The third-order valence-electron chi connectivity index (χ3n) is 3.39. The molecular formula is C17H14N2. The molecule has 0 aliphatic carbocycles. The van der Waals surface area contributed by atoms with Crippen molar-refractivity contribution in [3.8, 4) is 17.3 Å². The molecular weight excluding hydrogens is 232 g/mol. The van der Waals surface area contributed by atoms with Gasteiger partial charge in [-0.1, -0.05) is 48.5 Å². The fraction of sp³-hybridized carbons (Fsp3) is 0.118. The SMILES string of the molecule is CC(C#N)n1c(-c2ccccc2)cc2ccccc21. The van der Waals surface area contributed by atoms with Crippen LogP contribution in [-0.2, 0) is 0 Å². The largest absolute Gasteiger partial charge is 0.324 e. The molecule has 0 aliphatic heterocycles. The van der Waals surface area contributed by atoms with Crippen LogP contribution in [0, 0.1) is 11.3 Å². The molecule has 0 saturated heterocycles. The van der Waals surface area contributed by atoms with Gasteiger partial charge < -0.3 is 4.57 Å². The van der Waals surface area contributed by atoms with Gasteiger partial charge >= 0.3 is 0 Å². The lowest BCUT2D eigenvalue weighted by Crippen LogP contribution is -2.03. The van der Waals surface area contributed by atoms with Crippen LogP contribution >= 0.6 is 0 Å². The van der Waals surface area contributed by atoms with Gasteiger partial charge in [-0.05, 0) is 24.6 Å². The van der Waals surface area contributed by atoms with Crippen LogP contribution in [-0.4, -0.2) is 4.57 Å². The van der Waals surface area contributed by atoms with Crippen molar-refractivity contribution >= 4 is 10.9 Å². The highest BCUT2D eigenvalue weighted by Crippen LogP contribution is 2.31. The first-order chi connectivity index (χ1) is 9.31. The molecule has 1 aromatic heterocycles. The Labute approximate surface area is 112 Å². The van der Waals surface area contributed by atoms with Crippen LogP contribution in [0.25, 0.3) is 22.2 Å². The lowest BCUT2D eigenvalue weighted by molar-refractivity contribution is 0.707. The van der Waals surface area contributed by atoms with Crippen LogP contribution in [0.1, 0.15) is 13.0 Å². The highest BCUT2D eigenvalue weighted by atomic mass is 15.0. The number of para-hydroxylation sites is 1. The topological polar surface area (TPSA) is 28.7 Å². The van der Waals surface area contributed by atoms with Crippen LogP contribution < -0.4 is 0 Å². The van der Waals surface area contributed by atoms with E-state index >= 15 is 0 Å². The normalized spacial score (nSPS) is 12.2. The molecule has 2 aromatic carbocycles. The number of rotatable bonds is 2. The van der Waals surface area contributed by atoms with E-state index in [0.717, 1.165) is 16.8 Å². The number of hydrogen-bond donors (Lipinski definition) is 0. The number of benzene rings is 2. The summed E-state index contributed by atoms with van der Waals surface area (Å²) in [5.74, 6) is 0. The van der Waals surface area contributed by atoms with E-state index in [1.807, 2.05) is 37.3 Å². The first-order valence-corrected chi connectivity index (χ1v) is 6.36. The van der Waals surface area contributed by atoms with Crippen LogP contribution in [0.3, 0.4) is 0 Å². The minimum absolute atomic E-state index is 0.185. The molecule has 3 aromatic rings. The molecule has 0 aliphatic rings. The molecule has 92 valence electrons. The van der Waals surface area contributed by atoms with Crippen molar-refractivity contribution in [2.75, 3.05) is 0 Å². The molecule has 0 N–H and O–H groups in total. The first-order valence-electron chi connectivity index (χ1n) is 6.36. The van der Waals surface area contributed by atoms with Gasteiger partial charge in [0.15, 0.2) is 0 Å². The Hall–Kier alpha value is -2.53. The van der Waals surface area contributed by atoms with E-state index in [2.05, 4.69) is 41.0 Å². The summed E-state index contributed by atoms with van der Waals surface area (Å²) in [7, 11) is 0. The van der Waals surface area contributed by atoms with Crippen molar-refractivity contribution in [2.45, 2.75) is 13.0 Å². The Bertz CT molecular complexity index is 748. The average molecular weight is 246 g/mol. The molecule has 0 amide bonds. The van der Waals surface area contributed by atoms with Gasteiger partial charge in [0.05, 0.1) is 11.8 Å². The molecule has 0 spiro atoms. The van der Waals surface area contributed by atoms with Gasteiger partial charge in [-0.15, -0.1) is 0 Å². The third-order valence-corrected chi connectivity index (χ3v) is 3.39. The van der Waals surface area contributed by atoms with E-state index in [9.17, 15) is 5.26 Å². The highest BCUT2D eigenvalue weighted by Gasteiger charge is 2.14. The fourth-order valence-electron chi connectivity index (χ4n) is 2.48. The zero-order chi connectivity index (χ0) is 13.2. The molecule has 1 heterocycles. The molecule has 1 atom stereocenters. The number of nitrogens with zero attached hydrogens (tertiary/aromatic N) is 2. The van der Waals surface area contributed by atoms with Crippen molar-refractivity contribution in [3.05, 3.63) is 60.7 Å². The van der Waals surface area contributed by atoms with Gasteiger partial charge in [-0.25, -0.2) is 0 Å². The smallest absolute Gasteiger partial charge is 0.118 e. The predicted molar refractivity (Wildman–Crippen MR) is 77.7 cm³/mol. The molecule has 2 heteroatoms. The Morgan fingerprint density at radius 1 is 1.00 bits per heavy atom. The lowest BCUT2D eigenvalue weighted by Gasteiger charge is -2.12. The summed E-state index contributed by atoms with van der Waals surface area (Å²) >= 11 is 0. The monoisotopic (exact) mass is 246 g/mol. The molecule has 0 saturated carbocycles. The van der Waals surface area contributed by atoms with Crippen molar-refractivity contribution in [1.29, 1.82) is 5.26 Å². The zero-order valence-corrected chi connectivity index (χ0v) is 10.7. The number of aromatic nitrogens is 1. The van der Waals surface area contributed by atoms with Crippen LogP contribution in [0.2, 0.25) is 0 Å². The van der Waals surface area contributed by atoms with Crippen LogP contribution in [0.15, 0.2) is 60.7 Å². The predicted octanol–water partition coefficient (Wildman–Crippen LogP) is 4.39. The maximum Gasteiger partial charge on any atom is 0.118 e. The molecule has 1 unspecified atom stereocenters. The minimum Gasteiger partial charge on any atom is -0.324 e. The molecule has 0 bridgehead atoms. The zero-order valence-electron chi connectivity index (χ0n) is 10.7. The van der Waals surface area contributed by atoms with Gasteiger partial charge in [-0.2, -0.15) is 5.26 Å². The summed E-state index contributed by atoms with van der Waals surface area (Å²) in [6, 6.07) is 22.7. The Balaban J connectivity index is 2.33. The molecule has 0 fully saturated rings. The van der Waals surface area contributed by atoms with E-state index in [-0.39, 0.29) is 6.04 Å². The second kappa shape index (κ2) is 4.62. The standard InChI is InChI=1S/C17H14N2/c1-13(12-18)19-16-10-6-5-9-15(16)11-17(19)14-7-3-2-4-8-14/h2-11,13H,1H3. The Kier molecular flexibility index (Phi) is 2.81. The second-order valence-electron chi connectivity index (χ2n) is 4.63. The molecule has 0 radical (unpaired) electrons. The maximum absolute atomic E-state index is 9.27. The van der Waals surface area contributed by atoms with Gasteiger partial charge in [0.25, 0.3) is 0 Å². The Morgan fingerprint density at radius 2 is 1.68 bits per heavy atom. The van der Waals surface area contributed by atoms with Gasteiger partial charge in [0.2, 0.25) is 0 Å². The van der Waals surface area contributed by atoms with Crippen molar-refractivity contribution in [1.82, 2.24) is 4.57 Å². The molecule has 3 rings (SSSR count). The van der Waals surface area contributed by atoms with E-state index in [0.29, 0.717) is 0 Å². The maximum atomic E-state index is 9.27. The quantitative estimate of drug-likeness (QED) is 0.659. The van der Waals surface area contributed by atoms with Crippen molar-refractivity contribution in [3.63, 3.8) is 0 Å². The van der Waals surface area contributed by atoms with E-state index < -0.39 is 0 Å². The first kappa shape index (κ1) is 11.6. The van der Waals surface area contributed by atoms with E-state index in [1.54, 1.807) is 0 Å². The summed E-state index contributed by atoms with van der Waals surface area (Å²) in [5, 5.41) is 10.4. The van der Waals surface area contributed by atoms with Gasteiger partial charge in [-0.3, -0.25) is 0 Å². The fourth-order valence-corrected chi connectivity index (χ4v) is 2.48. The van der Waals surface area contributed by atoms with E-state index in [1.165, 1.54) is 5.39 Å². The van der Waals surface area contributed by atoms with Crippen LogP contribution in [0.5, 0.6) is 0 Å². The van der Waals surface area contributed by atoms with Crippen LogP contribution in [0.4, 0.5) is 0 Å². The van der Waals surface area contributed by atoms with Gasteiger partial charge in [0.1, 0.15) is 6.04 Å². The number of nitriles is 1. The summed E-state index contributed by atoms with van der Waals surface area (Å²) in [4.78, 5) is 0. The highest BCUT2D eigenvalue weighted by molar-refractivity contribution is 5.87. The Morgan fingerprint density at radius 3 is 2.42 bits per heavy atom.